The Labute approximate surface area is 107 Å². The van der Waals surface area contributed by atoms with E-state index in [1.165, 1.54) is 48.5 Å². The first-order valence-electron chi connectivity index (χ1n) is 5.34. The first-order chi connectivity index (χ1) is 9.11. The molecule has 0 radical (unpaired) electrons. The maximum absolute atomic E-state index is 12.8. The van der Waals surface area contributed by atoms with E-state index in [4.69, 9.17) is 5.11 Å². The quantitative estimate of drug-likeness (QED) is 0.676. The van der Waals surface area contributed by atoms with E-state index in [0.717, 1.165) is 5.01 Å². The first kappa shape index (κ1) is 12.7. The van der Waals surface area contributed by atoms with E-state index in [2.05, 4.69) is 5.29 Å². The fourth-order valence-corrected chi connectivity index (χ4v) is 1.57. The molecule has 96 valence electrons. The Balaban J connectivity index is 2.34. The Morgan fingerprint density at radius 2 is 1.47 bits per heavy atom. The molecule has 19 heavy (non-hydrogen) atoms. The van der Waals surface area contributed by atoms with Crippen LogP contribution in [0.15, 0.2) is 53.8 Å². The van der Waals surface area contributed by atoms with Crippen LogP contribution >= 0.6 is 0 Å². The molecule has 0 spiro atoms. The Morgan fingerprint density at radius 3 is 1.89 bits per heavy atom. The molecule has 2 aromatic rings. The minimum absolute atomic E-state index is 0.105. The second kappa shape index (κ2) is 5.26. The van der Waals surface area contributed by atoms with Gasteiger partial charge in [-0.25, -0.2) is 9.18 Å². The van der Waals surface area contributed by atoms with E-state index in [1.807, 2.05) is 0 Å². The number of nitroso groups, excluding NO2 is 1. The molecule has 0 aliphatic rings. The molecule has 0 unspecified atom stereocenters. The highest BCUT2D eigenvalue weighted by molar-refractivity contribution is 5.88. The minimum Gasteiger partial charge on any atom is -0.478 e. The highest BCUT2D eigenvalue weighted by Crippen LogP contribution is 2.26. The molecule has 0 aromatic heterocycles. The van der Waals surface area contributed by atoms with Gasteiger partial charge in [0.25, 0.3) is 0 Å². The third-order valence-electron chi connectivity index (χ3n) is 2.51. The molecule has 1 N–H and O–H groups in total. The molecular weight excluding hydrogens is 251 g/mol. The van der Waals surface area contributed by atoms with Gasteiger partial charge in [-0.2, -0.15) is 5.01 Å². The monoisotopic (exact) mass is 260 g/mol. The molecule has 0 aliphatic heterocycles. The summed E-state index contributed by atoms with van der Waals surface area (Å²) < 4.78 is 12.8. The lowest BCUT2D eigenvalue weighted by molar-refractivity contribution is 0.0697. The normalized spacial score (nSPS) is 9.95. The Hall–Kier alpha value is -2.76. The molecule has 0 aliphatic carbocycles. The van der Waals surface area contributed by atoms with E-state index >= 15 is 0 Å². The molecule has 5 nitrogen and oxygen atoms in total. The lowest BCUT2D eigenvalue weighted by Gasteiger charge is -2.15. The van der Waals surface area contributed by atoms with Crippen molar-refractivity contribution < 1.29 is 14.3 Å². The van der Waals surface area contributed by atoms with Crippen molar-refractivity contribution in [2.24, 2.45) is 5.29 Å². The van der Waals surface area contributed by atoms with Crippen molar-refractivity contribution in [1.29, 1.82) is 0 Å². The predicted molar refractivity (Wildman–Crippen MR) is 67.7 cm³/mol. The van der Waals surface area contributed by atoms with Crippen LogP contribution in [0.2, 0.25) is 0 Å². The lowest BCUT2D eigenvalue weighted by atomic mass is 10.2. The number of halogens is 1. The number of nitrogens with zero attached hydrogens (tertiary/aromatic N) is 2. The molecule has 0 atom stereocenters. The number of aromatic carboxylic acids is 1. The maximum atomic E-state index is 12.8. The molecule has 6 heteroatoms. The second-order valence-electron chi connectivity index (χ2n) is 3.72. The standard InChI is InChI=1S/C13H9FN2O3/c14-10-3-7-12(8-4-10)16(15-19)11-5-1-9(2-6-11)13(17)18/h1-8H,(H,17,18). The summed E-state index contributed by atoms with van der Waals surface area (Å²) in [5, 5.41) is 12.7. The summed E-state index contributed by atoms with van der Waals surface area (Å²) in [6.45, 7) is 0. The average molecular weight is 260 g/mol. The van der Waals surface area contributed by atoms with Gasteiger partial charge in [-0.15, -0.1) is 4.91 Å². The number of anilines is 2. The van der Waals surface area contributed by atoms with E-state index in [-0.39, 0.29) is 5.56 Å². The summed E-state index contributed by atoms with van der Waals surface area (Å²) >= 11 is 0. The third kappa shape index (κ3) is 2.74. The molecule has 0 heterocycles. The van der Waals surface area contributed by atoms with Crippen LogP contribution < -0.4 is 5.01 Å². The number of hydrogen-bond donors (Lipinski definition) is 1. The van der Waals surface area contributed by atoms with Gasteiger partial charge in [0, 0.05) is 0 Å². The maximum Gasteiger partial charge on any atom is 0.335 e. The van der Waals surface area contributed by atoms with Crippen LogP contribution in [0.5, 0.6) is 0 Å². The van der Waals surface area contributed by atoms with Gasteiger partial charge in [0.1, 0.15) is 5.82 Å². The van der Waals surface area contributed by atoms with Gasteiger partial charge < -0.3 is 5.11 Å². The zero-order valence-corrected chi connectivity index (χ0v) is 9.65. The van der Waals surface area contributed by atoms with Crippen LogP contribution in [0.3, 0.4) is 0 Å². The van der Waals surface area contributed by atoms with Crippen molar-refractivity contribution in [3.63, 3.8) is 0 Å². The van der Waals surface area contributed by atoms with Crippen LogP contribution in [-0.4, -0.2) is 11.1 Å². The highest BCUT2D eigenvalue weighted by Gasteiger charge is 2.11. The van der Waals surface area contributed by atoms with Gasteiger partial charge in [0.2, 0.25) is 0 Å². The summed E-state index contributed by atoms with van der Waals surface area (Å²) in [6.07, 6.45) is 0. The van der Waals surface area contributed by atoms with Crippen LogP contribution in [-0.2, 0) is 0 Å². The molecule has 0 saturated heterocycles. The molecule has 0 saturated carbocycles. The zero-order chi connectivity index (χ0) is 13.8. The highest BCUT2D eigenvalue weighted by atomic mass is 19.1. The van der Waals surface area contributed by atoms with Crippen molar-refractivity contribution in [3.05, 3.63) is 64.8 Å². The average Bonchev–Trinajstić information content (AvgIpc) is 2.42. The predicted octanol–water partition coefficient (Wildman–Crippen LogP) is 3.34. The summed E-state index contributed by atoms with van der Waals surface area (Å²) in [6, 6.07) is 10.9. The van der Waals surface area contributed by atoms with Crippen molar-refractivity contribution in [3.8, 4) is 0 Å². The Bertz CT molecular complexity index is 596. The van der Waals surface area contributed by atoms with Crippen LogP contribution in [0, 0.1) is 10.7 Å². The third-order valence-corrected chi connectivity index (χ3v) is 2.51. The SMILES string of the molecule is O=NN(c1ccc(F)cc1)c1ccc(C(=O)O)cc1. The molecule has 2 aromatic carbocycles. The summed E-state index contributed by atoms with van der Waals surface area (Å²) in [5.74, 6) is -1.48. The summed E-state index contributed by atoms with van der Waals surface area (Å²) in [4.78, 5) is 21.6. The van der Waals surface area contributed by atoms with Gasteiger partial charge in [-0.05, 0) is 48.5 Å². The fourth-order valence-electron chi connectivity index (χ4n) is 1.57. The Morgan fingerprint density at radius 1 is 1.00 bits per heavy atom. The van der Waals surface area contributed by atoms with Crippen LogP contribution in [0.1, 0.15) is 10.4 Å². The number of hydrogen-bond acceptors (Lipinski definition) is 3. The molecule has 0 amide bonds. The number of carboxylic acid groups (broad SMARTS) is 1. The van der Waals surface area contributed by atoms with Crippen molar-refractivity contribution in [2.75, 3.05) is 5.01 Å². The zero-order valence-electron chi connectivity index (χ0n) is 9.65. The molecule has 0 fully saturated rings. The first-order valence-corrected chi connectivity index (χ1v) is 5.34. The fraction of sp³-hybridized carbons (Fsp3) is 0. The van der Waals surface area contributed by atoms with Gasteiger partial charge in [-0.1, -0.05) is 0 Å². The minimum atomic E-state index is -1.06. The number of carboxylic acids is 1. The molecule has 0 bridgehead atoms. The number of carbonyl (C=O) groups is 1. The summed E-state index contributed by atoms with van der Waals surface area (Å²) in [7, 11) is 0. The molecule has 2 rings (SSSR count). The summed E-state index contributed by atoms with van der Waals surface area (Å²) in [5.41, 5.74) is 0.889. The number of rotatable bonds is 4. The van der Waals surface area contributed by atoms with E-state index in [9.17, 15) is 14.1 Å². The van der Waals surface area contributed by atoms with Gasteiger partial charge in [-0.3, -0.25) is 0 Å². The van der Waals surface area contributed by atoms with E-state index in [1.54, 1.807) is 0 Å². The Kier molecular flexibility index (Phi) is 3.51. The van der Waals surface area contributed by atoms with Crippen LogP contribution in [0.4, 0.5) is 15.8 Å². The smallest absolute Gasteiger partial charge is 0.335 e. The van der Waals surface area contributed by atoms with E-state index < -0.39 is 11.8 Å². The van der Waals surface area contributed by atoms with E-state index in [0.29, 0.717) is 11.4 Å². The largest absolute Gasteiger partial charge is 0.478 e. The van der Waals surface area contributed by atoms with Gasteiger partial charge >= 0.3 is 5.97 Å². The lowest BCUT2D eigenvalue weighted by Crippen LogP contribution is -2.08. The van der Waals surface area contributed by atoms with Crippen molar-refractivity contribution in [1.82, 2.24) is 0 Å². The van der Waals surface area contributed by atoms with Crippen molar-refractivity contribution in [2.45, 2.75) is 0 Å². The van der Waals surface area contributed by atoms with Gasteiger partial charge in [0.05, 0.1) is 22.2 Å². The molecular formula is C13H9FN2O3. The topological polar surface area (TPSA) is 70.0 Å². The van der Waals surface area contributed by atoms with Crippen molar-refractivity contribution >= 4 is 17.3 Å². The van der Waals surface area contributed by atoms with Gasteiger partial charge in [0.15, 0.2) is 0 Å². The second-order valence-corrected chi connectivity index (χ2v) is 3.72. The van der Waals surface area contributed by atoms with Crippen LogP contribution in [0.25, 0.3) is 0 Å². The number of benzene rings is 2.